The number of aliphatic hydroxyl groups excluding tert-OH is 8. The van der Waals surface area contributed by atoms with E-state index in [-0.39, 0.29) is 64.6 Å². The van der Waals surface area contributed by atoms with Gasteiger partial charge in [0.2, 0.25) is 65.6 Å². The van der Waals surface area contributed by atoms with Crippen molar-refractivity contribution in [1.29, 1.82) is 0 Å². The van der Waals surface area contributed by atoms with Gasteiger partial charge in [0, 0.05) is 48.2 Å². The van der Waals surface area contributed by atoms with Crippen molar-refractivity contribution < 1.29 is 133 Å². The molecule has 0 spiro atoms. The highest BCUT2D eigenvalue weighted by Gasteiger charge is 2.50. The van der Waals surface area contributed by atoms with Crippen LogP contribution in [0.5, 0.6) is 69.0 Å². The third-order valence-electron chi connectivity index (χ3n) is 23.0. The number of nitrogens with one attached hydrogen (secondary N) is 9. The maximum atomic E-state index is 16.9. The van der Waals surface area contributed by atoms with Crippen LogP contribution in [0.15, 0.2) is 115 Å². The number of benzene rings is 7. The normalized spacial score (nSPS) is 26.0. The topological polar surface area (TPSA) is 555 Å². The Hall–Kier alpha value is -11.7. The largest absolute Gasteiger partial charge is 0.508 e. The monoisotopic (exact) mass is 1780 g/mol. The van der Waals surface area contributed by atoms with Gasteiger partial charge < -0.3 is 147 Å². The maximum Gasteiger partial charge on any atom is 0.248 e. The predicted octanol–water partition coefficient (Wildman–Crippen LogP) is 3.73. The van der Waals surface area contributed by atoms with Crippen molar-refractivity contribution in [1.82, 2.24) is 52.8 Å². The van der Waals surface area contributed by atoms with Gasteiger partial charge in [-0.2, -0.15) is 0 Å². The minimum atomic E-state index is -2.37. The number of ether oxygens (including phenoxy) is 7. The molecule has 7 aromatic carbocycles. The molecular weight excluding hydrogens is 1680 g/mol. The third kappa shape index (κ3) is 21.1. The molecule has 127 heavy (non-hydrogen) atoms. The van der Waals surface area contributed by atoms with Crippen LogP contribution in [-0.2, 0) is 54.3 Å². The number of phenolic OH excluding ortho intramolecular Hbond substituents is 4. The molecule has 8 heterocycles. The van der Waals surface area contributed by atoms with Crippen LogP contribution < -0.4 is 71.5 Å². The smallest absolute Gasteiger partial charge is 0.248 e. The van der Waals surface area contributed by atoms with Crippen LogP contribution in [0.2, 0.25) is 5.02 Å². The van der Waals surface area contributed by atoms with Gasteiger partial charge in [-0.1, -0.05) is 94.3 Å². The van der Waals surface area contributed by atoms with E-state index < -0.39 is 249 Å². The van der Waals surface area contributed by atoms with Crippen molar-refractivity contribution >= 4 is 58.9 Å². The SMILES string of the molecule is CNC1C(=O)NC2Cc3ccc(cc3)Oc3cc4cc(c3O[C@@H]3O[C@H](CO)[C@@H](O)[C@H](O)[C@H]3NC(=O)CCCCCCCCC(C)C)Oc3ccc(cc3C)C(O)C3NC(=O)C(NC(=O)C4NC(=O)C(NC2=O)c2cc(cc(O)c2Cl)Oc2cc1ccc2O)c1ccc(O)c(c1)-c1c(O[C@H]2O[C@H](CO)[C@@H](O)[C@H](O)[C@@H]2O)cc(O)cc1C(C(=O)NCCCN(C)C)NC3=O. The Morgan fingerprint density at radius 2 is 1.17 bits per heavy atom. The number of unbranched alkanes of at least 4 members (excludes halogenated alkanes) is 5. The summed E-state index contributed by atoms with van der Waals surface area (Å²) in [6, 6.07) is 7.55. The fraction of sp³-hybridized carbons (Fsp3) is 0.438. The predicted molar refractivity (Wildman–Crippen MR) is 451 cm³/mol. The number of fused-ring (bicyclic) bond motifs is 14. The number of carbonyl (C=O) groups is 8. The molecule has 0 aromatic heterocycles. The lowest BCUT2D eigenvalue weighted by Gasteiger charge is -2.42. The number of aryl methyl sites for hydroxylation is 1. The zero-order valence-electron chi connectivity index (χ0n) is 70.2. The molecular formula is C89H105ClN10O27. The number of hydrogen-bond donors (Lipinski definition) is 21. The van der Waals surface area contributed by atoms with Gasteiger partial charge in [-0.3, -0.25) is 38.4 Å². The second kappa shape index (κ2) is 40.5. The van der Waals surface area contributed by atoms with Crippen molar-refractivity contribution in [2.24, 2.45) is 5.92 Å². The Balaban J connectivity index is 1.04. The van der Waals surface area contributed by atoms with Crippen molar-refractivity contribution in [3.8, 4) is 80.1 Å². The number of halogens is 1. The van der Waals surface area contributed by atoms with E-state index in [2.05, 4.69) is 61.7 Å². The van der Waals surface area contributed by atoms with Gasteiger partial charge in [-0.15, -0.1) is 0 Å². The lowest BCUT2D eigenvalue weighted by molar-refractivity contribution is -0.277. The van der Waals surface area contributed by atoms with Crippen LogP contribution in [0.4, 0.5) is 0 Å². The summed E-state index contributed by atoms with van der Waals surface area (Å²) in [5.74, 6) is -14.1. The first-order chi connectivity index (χ1) is 60.7. The van der Waals surface area contributed by atoms with Gasteiger partial charge in [0.25, 0.3) is 0 Å². The zero-order chi connectivity index (χ0) is 91.1. The number of amides is 8. The number of likely N-dealkylation sites (N-methyl/N-ethyl adjacent to an activating group) is 1. The molecule has 8 aliphatic heterocycles. The summed E-state index contributed by atoms with van der Waals surface area (Å²) in [6.45, 7) is 4.28. The molecule has 8 amide bonds. The molecule has 0 radical (unpaired) electrons. The Morgan fingerprint density at radius 3 is 1.87 bits per heavy atom. The van der Waals surface area contributed by atoms with Crippen LogP contribution in [0.1, 0.15) is 152 Å². The molecule has 15 rings (SSSR count). The average Bonchev–Trinajstić information content (AvgIpc) is 0.759. The van der Waals surface area contributed by atoms with E-state index in [9.17, 15) is 70.9 Å². The van der Waals surface area contributed by atoms with Crippen molar-refractivity contribution in [3.05, 3.63) is 165 Å². The summed E-state index contributed by atoms with van der Waals surface area (Å²) < 4.78 is 45.2. The maximum absolute atomic E-state index is 16.9. The van der Waals surface area contributed by atoms with E-state index >= 15 is 28.8 Å². The van der Waals surface area contributed by atoms with Gasteiger partial charge in [-0.25, -0.2) is 0 Å². The van der Waals surface area contributed by atoms with Crippen LogP contribution >= 0.6 is 11.6 Å². The Kier molecular flexibility index (Phi) is 29.7. The Bertz CT molecular complexity index is 5240. The highest BCUT2D eigenvalue weighted by molar-refractivity contribution is 6.33. The van der Waals surface area contributed by atoms with Gasteiger partial charge in [0.15, 0.2) is 23.0 Å². The van der Waals surface area contributed by atoms with E-state index in [1.54, 1.807) is 14.1 Å². The van der Waals surface area contributed by atoms with Crippen LogP contribution in [-0.4, -0.2) is 234 Å². The van der Waals surface area contributed by atoms with Crippen LogP contribution in [0.25, 0.3) is 11.1 Å². The fourth-order valence-corrected chi connectivity index (χ4v) is 16.3. The molecule has 38 heteroatoms. The van der Waals surface area contributed by atoms with Crippen molar-refractivity contribution in [2.45, 2.75) is 195 Å². The number of rotatable bonds is 22. The minimum absolute atomic E-state index is 0.0601. The molecule has 7 aromatic rings. The number of phenols is 4. The minimum Gasteiger partial charge on any atom is -0.508 e. The first-order valence-corrected chi connectivity index (χ1v) is 42.2. The van der Waals surface area contributed by atoms with Gasteiger partial charge in [-0.05, 0) is 165 Å². The molecule has 2 fully saturated rings. The summed E-state index contributed by atoms with van der Waals surface area (Å²) in [5, 5.41) is 163. The molecule has 21 N–H and O–H groups in total. The standard InChI is InChI=1S/C89H105ClN10O27/c1-40(2)14-11-9-7-8-10-12-15-64(107)94-73-77(111)75(109)62(38-101)125-88(73)127-80-60-32-46-33-61(80)123-57-25-20-45(28-41(57)3)74(108)72-87(120)98-70(82(115)92-26-13-27-100(5)6)51-34-47(103)35-59(124-89-79(113)78(112)76(110)63(39-102)126-89)65(51)50-30-43(18-23-54(50)104)68(84(117)99-72)95-85(118)69(46)96-86(119)71-52-36-49(37-56(106)66(52)90)122-58-31-44(19-24-55(58)105)67(91-4)83(116)93-53(81(114)97-71)29-42-16-21-48(121-60)22-17-42/h16-25,28,30-37,40,53,62-63,67-79,88-89,91,101-106,108-113H,7-15,26-27,29,38-39H2,1-6H3,(H,92,115)(H,93,116)(H,94,107)(H,95,118)(H,96,119)(H,97,114)(H,98,120)(H,99,117)/t53?,62-,63-,67?,68?,69?,70?,71?,72?,73-,74?,75-,76-,77-,78+,79+,88+,89+/m1/s1. The number of nitrogens with zero attached hydrogens (tertiary/aromatic N) is 1. The van der Waals surface area contributed by atoms with Gasteiger partial charge >= 0.3 is 0 Å². The molecule has 18 atom stereocenters. The summed E-state index contributed by atoms with van der Waals surface area (Å²) >= 11 is 7.06. The number of aliphatic hydroxyl groups is 8. The lowest BCUT2D eigenvalue weighted by Crippen LogP contribution is -2.65. The molecule has 0 aliphatic carbocycles. The fourth-order valence-electron chi connectivity index (χ4n) is 16.1. The summed E-state index contributed by atoms with van der Waals surface area (Å²) in [5.41, 5.74) is -2.04. The Morgan fingerprint density at radius 1 is 0.551 bits per heavy atom. The van der Waals surface area contributed by atoms with E-state index in [1.807, 2.05) is 4.90 Å². The summed E-state index contributed by atoms with van der Waals surface area (Å²) in [4.78, 5) is 127. The van der Waals surface area contributed by atoms with Crippen molar-refractivity contribution in [3.63, 3.8) is 0 Å². The van der Waals surface area contributed by atoms with Crippen molar-refractivity contribution in [2.75, 3.05) is 47.4 Å². The van der Waals surface area contributed by atoms with Crippen LogP contribution in [0, 0.1) is 12.8 Å². The Labute approximate surface area is 734 Å². The summed E-state index contributed by atoms with van der Waals surface area (Å²) in [6.07, 6.45) is -13.5. The molecule has 17 bridgehead atoms. The first kappa shape index (κ1) is 93.0. The molecule has 8 aliphatic rings. The highest BCUT2D eigenvalue weighted by Crippen LogP contribution is 2.50. The van der Waals surface area contributed by atoms with E-state index in [0.29, 0.717) is 37.3 Å². The van der Waals surface area contributed by atoms with Gasteiger partial charge in [0.05, 0.1) is 18.2 Å². The molecule has 0 saturated carbocycles. The molecule has 2 saturated heterocycles. The number of hydrogen-bond acceptors (Lipinski definition) is 29. The van der Waals surface area contributed by atoms with E-state index in [4.69, 9.17) is 44.8 Å². The third-order valence-corrected chi connectivity index (χ3v) is 23.4. The number of carbonyl (C=O) groups excluding carboxylic acids is 8. The zero-order valence-corrected chi connectivity index (χ0v) is 70.9. The number of aromatic hydroxyl groups is 4. The van der Waals surface area contributed by atoms with Gasteiger partial charge in [0.1, 0.15) is 137 Å². The lowest BCUT2D eigenvalue weighted by atomic mass is 9.89. The second-order valence-corrected chi connectivity index (χ2v) is 33.4. The highest BCUT2D eigenvalue weighted by atomic mass is 35.5. The molecule has 37 nitrogen and oxygen atoms in total. The van der Waals surface area contributed by atoms with Crippen LogP contribution in [0.3, 0.4) is 0 Å². The second-order valence-electron chi connectivity index (χ2n) is 33.0. The first-order valence-electron chi connectivity index (χ1n) is 41.8. The average molecular weight is 1780 g/mol. The van der Waals surface area contributed by atoms with E-state index in [1.165, 1.54) is 74.6 Å². The van der Waals surface area contributed by atoms with E-state index in [0.717, 1.165) is 86.7 Å². The quantitative estimate of drug-likeness (QED) is 0.0430. The molecule has 8 unspecified atom stereocenters. The molecule has 680 valence electrons. The summed E-state index contributed by atoms with van der Waals surface area (Å²) in [7, 11) is 5.01.